The smallest absolute Gasteiger partial charge is 0.0249 e. The van der Waals surface area contributed by atoms with Gasteiger partial charge in [0.2, 0.25) is 0 Å². The summed E-state index contributed by atoms with van der Waals surface area (Å²) in [5.74, 6) is 0.361. The molecule has 21 heavy (non-hydrogen) atoms. The Bertz CT molecular complexity index is 480. The van der Waals surface area contributed by atoms with Crippen molar-refractivity contribution in [1.29, 1.82) is 0 Å². The molecule has 2 nitrogen and oxygen atoms in total. The van der Waals surface area contributed by atoms with Crippen molar-refractivity contribution in [2.45, 2.75) is 31.7 Å². The van der Waals surface area contributed by atoms with Crippen LogP contribution in [0.15, 0.2) is 60.7 Å². The highest BCUT2D eigenvalue weighted by Gasteiger charge is 2.18. The fraction of sp³-hybridized carbons (Fsp3) is 0.368. The van der Waals surface area contributed by atoms with Crippen LogP contribution in [0.4, 0.5) is 0 Å². The van der Waals surface area contributed by atoms with Crippen LogP contribution >= 0.6 is 0 Å². The number of rotatable bonds is 7. The number of nitrogens with two attached hydrogens (primary N) is 1. The van der Waals surface area contributed by atoms with Gasteiger partial charge < -0.3 is 11.1 Å². The predicted octanol–water partition coefficient (Wildman–Crippen LogP) is 3.54. The lowest BCUT2D eigenvalue weighted by Crippen LogP contribution is -2.46. The second kappa shape index (κ2) is 7.39. The van der Waals surface area contributed by atoms with Gasteiger partial charge >= 0.3 is 0 Å². The van der Waals surface area contributed by atoms with Crippen LogP contribution in [0.1, 0.15) is 37.3 Å². The first kappa shape index (κ1) is 15.7. The minimum atomic E-state index is -0.141. The molecule has 2 aromatic carbocycles. The molecule has 3 N–H and O–H groups in total. The molecule has 112 valence electrons. The Labute approximate surface area is 128 Å². The van der Waals surface area contributed by atoms with E-state index in [4.69, 9.17) is 5.73 Å². The summed E-state index contributed by atoms with van der Waals surface area (Å²) < 4.78 is 0. The zero-order valence-electron chi connectivity index (χ0n) is 13.0. The van der Waals surface area contributed by atoms with Crippen molar-refractivity contribution in [2.24, 2.45) is 5.73 Å². The Morgan fingerprint density at radius 2 is 1.43 bits per heavy atom. The van der Waals surface area contributed by atoms with Crippen LogP contribution in [0.25, 0.3) is 0 Å². The van der Waals surface area contributed by atoms with E-state index in [1.807, 2.05) is 0 Å². The highest BCUT2D eigenvalue weighted by Crippen LogP contribution is 2.23. The van der Waals surface area contributed by atoms with Crippen molar-refractivity contribution < 1.29 is 0 Å². The fourth-order valence-corrected chi connectivity index (χ4v) is 2.43. The molecule has 0 bridgehead atoms. The lowest BCUT2D eigenvalue weighted by molar-refractivity contribution is 0.413. The minimum absolute atomic E-state index is 0.141. The SMILES string of the molecule is CCC(C)(N)CNCC(c1ccccc1)c1ccccc1. The van der Waals surface area contributed by atoms with E-state index in [0.29, 0.717) is 5.92 Å². The lowest BCUT2D eigenvalue weighted by atomic mass is 9.91. The molecule has 0 aliphatic rings. The van der Waals surface area contributed by atoms with Gasteiger partial charge in [-0.3, -0.25) is 0 Å². The number of hydrogen-bond donors (Lipinski definition) is 2. The fourth-order valence-electron chi connectivity index (χ4n) is 2.43. The predicted molar refractivity (Wildman–Crippen MR) is 90.5 cm³/mol. The van der Waals surface area contributed by atoms with E-state index in [-0.39, 0.29) is 5.54 Å². The zero-order valence-corrected chi connectivity index (χ0v) is 13.0. The largest absolute Gasteiger partial charge is 0.324 e. The minimum Gasteiger partial charge on any atom is -0.324 e. The van der Waals surface area contributed by atoms with Crippen LogP contribution in [0.5, 0.6) is 0 Å². The third-order valence-electron chi connectivity index (χ3n) is 4.09. The number of benzene rings is 2. The van der Waals surface area contributed by atoms with Crippen molar-refractivity contribution in [3.63, 3.8) is 0 Å². The molecule has 2 rings (SSSR count). The van der Waals surface area contributed by atoms with Crippen LogP contribution < -0.4 is 11.1 Å². The molecule has 0 saturated heterocycles. The Balaban J connectivity index is 2.11. The lowest BCUT2D eigenvalue weighted by Gasteiger charge is -2.25. The average Bonchev–Trinajstić information content (AvgIpc) is 2.53. The molecule has 0 radical (unpaired) electrons. The van der Waals surface area contributed by atoms with Gasteiger partial charge in [0.1, 0.15) is 0 Å². The maximum Gasteiger partial charge on any atom is 0.0249 e. The van der Waals surface area contributed by atoms with Gasteiger partial charge in [-0.05, 0) is 24.5 Å². The molecule has 1 unspecified atom stereocenters. The molecule has 0 saturated carbocycles. The third-order valence-corrected chi connectivity index (χ3v) is 4.09. The van der Waals surface area contributed by atoms with Crippen LogP contribution in [-0.2, 0) is 0 Å². The van der Waals surface area contributed by atoms with Crippen molar-refractivity contribution in [3.05, 3.63) is 71.8 Å². The number of hydrogen-bond acceptors (Lipinski definition) is 2. The first-order valence-electron chi connectivity index (χ1n) is 7.72. The summed E-state index contributed by atoms with van der Waals surface area (Å²) in [7, 11) is 0. The molecular weight excluding hydrogens is 256 g/mol. The third kappa shape index (κ3) is 4.69. The maximum absolute atomic E-state index is 6.22. The molecule has 2 heteroatoms. The van der Waals surface area contributed by atoms with Crippen LogP contribution in [-0.4, -0.2) is 18.6 Å². The van der Waals surface area contributed by atoms with E-state index in [1.165, 1.54) is 11.1 Å². The van der Waals surface area contributed by atoms with Gasteiger partial charge in [0, 0.05) is 24.5 Å². The Morgan fingerprint density at radius 1 is 0.952 bits per heavy atom. The molecule has 0 aliphatic heterocycles. The van der Waals surface area contributed by atoms with Crippen LogP contribution in [0, 0.1) is 0 Å². The molecule has 2 aromatic rings. The van der Waals surface area contributed by atoms with Crippen molar-refractivity contribution >= 4 is 0 Å². The van der Waals surface area contributed by atoms with Gasteiger partial charge in [0.05, 0.1) is 0 Å². The highest BCUT2D eigenvalue weighted by atomic mass is 14.9. The first-order valence-corrected chi connectivity index (χ1v) is 7.72. The highest BCUT2D eigenvalue weighted by molar-refractivity contribution is 5.32. The van der Waals surface area contributed by atoms with Gasteiger partial charge in [-0.2, -0.15) is 0 Å². The second-order valence-electron chi connectivity index (χ2n) is 6.01. The summed E-state index contributed by atoms with van der Waals surface area (Å²) in [5, 5.41) is 3.55. The van der Waals surface area contributed by atoms with Gasteiger partial charge in [0.15, 0.2) is 0 Å². The first-order chi connectivity index (χ1) is 10.1. The van der Waals surface area contributed by atoms with E-state index in [1.54, 1.807) is 0 Å². The van der Waals surface area contributed by atoms with E-state index in [0.717, 1.165) is 19.5 Å². The number of nitrogens with one attached hydrogen (secondary N) is 1. The normalized spacial score (nSPS) is 14.1. The summed E-state index contributed by atoms with van der Waals surface area (Å²) in [6, 6.07) is 21.3. The second-order valence-corrected chi connectivity index (χ2v) is 6.01. The molecule has 0 fully saturated rings. The standard InChI is InChI=1S/C19H26N2/c1-3-19(2,20)15-21-14-18(16-10-6-4-7-11-16)17-12-8-5-9-13-17/h4-13,18,21H,3,14-15,20H2,1-2H3. The molecule has 1 atom stereocenters. The van der Waals surface area contributed by atoms with E-state index >= 15 is 0 Å². The van der Waals surface area contributed by atoms with Gasteiger partial charge in [-0.1, -0.05) is 67.6 Å². The molecule has 0 spiro atoms. The van der Waals surface area contributed by atoms with Crippen LogP contribution in [0.2, 0.25) is 0 Å². The summed E-state index contributed by atoms with van der Waals surface area (Å²) in [6.07, 6.45) is 0.974. The van der Waals surface area contributed by atoms with Crippen LogP contribution in [0.3, 0.4) is 0 Å². The Hall–Kier alpha value is -1.64. The van der Waals surface area contributed by atoms with E-state index in [2.05, 4.69) is 79.8 Å². The van der Waals surface area contributed by atoms with Crippen molar-refractivity contribution in [2.75, 3.05) is 13.1 Å². The van der Waals surface area contributed by atoms with Gasteiger partial charge in [0.25, 0.3) is 0 Å². The average molecular weight is 282 g/mol. The topological polar surface area (TPSA) is 38.0 Å². The molecule has 0 heterocycles. The molecule has 0 aromatic heterocycles. The maximum atomic E-state index is 6.22. The summed E-state index contributed by atoms with van der Waals surface area (Å²) in [6.45, 7) is 5.97. The van der Waals surface area contributed by atoms with Gasteiger partial charge in [-0.25, -0.2) is 0 Å². The summed E-state index contributed by atoms with van der Waals surface area (Å²) >= 11 is 0. The van der Waals surface area contributed by atoms with E-state index in [9.17, 15) is 0 Å². The summed E-state index contributed by atoms with van der Waals surface area (Å²) in [4.78, 5) is 0. The summed E-state index contributed by atoms with van der Waals surface area (Å²) in [5.41, 5.74) is 8.75. The molecular formula is C19H26N2. The molecule has 0 amide bonds. The monoisotopic (exact) mass is 282 g/mol. The van der Waals surface area contributed by atoms with Crippen molar-refractivity contribution in [1.82, 2.24) is 5.32 Å². The zero-order chi connectivity index (χ0) is 15.1. The van der Waals surface area contributed by atoms with E-state index < -0.39 is 0 Å². The molecule has 0 aliphatic carbocycles. The van der Waals surface area contributed by atoms with Gasteiger partial charge in [-0.15, -0.1) is 0 Å². The quantitative estimate of drug-likeness (QED) is 0.815. The Morgan fingerprint density at radius 3 is 1.86 bits per heavy atom. The van der Waals surface area contributed by atoms with Crippen molar-refractivity contribution in [3.8, 4) is 0 Å². The Kier molecular flexibility index (Phi) is 5.54.